The lowest BCUT2D eigenvalue weighted by molar-refractivity contribution is -0.143. The van der Waals surface area contributed by atoms with Crippen LogP contribution >= 0.6 is 0 Å². The van der Waals surface area contributed by atoms with Crippen LogP contribution in [0.3, 0.4) is 0 Å². The third kappa shape index (κ3) is 14.2. The van der Waals surface area contributed by atoms with Gasteiger partial charge in [0.1, 0.15) is 33.4 Å². The molecule has 124 heavy (non-hydrogen) atoms. The fourth-order valence-electron chi connectivity index (χ4n) is 21.7. The van der Waals surface area contributed by atoms with Crippen molar-refractivity contribution >= 4 is 46.4 Å². The van der Waals surface area contributed by atoms with E-state index in [4.69, 9.17) is 0 Å². The van der Waals surface area contributed by atoms with Gasteiger partial charge in [-0.25, -0.2) is 17.6 Å². The maximum atomic E-state index is 15.0. The summed E-state index contributed by atoms with van der Waals surface area (Å²) in [6, 6.07) is 61.4. The van der Waals surface area contributed by atoms with Crippen molar-refractivity contribution in [2.75, 3.05) is 72.0 Å². The van der Waals surface area contributed by atoms with Crippen LogP contribution < -0.4 is 19.6 Å². The zero-order valence-corrected chi connectivity index (χ0v) is 70.5. The van der Waals surface area contributed by atoms with Gasteiger partial charge in [-0.1, -0.05) is 178 Å². The van der Waals surface area contributed by atoms with Gasteiger partial charge in [-0.3, -0.25) is 57.5 Å². The van der Waals surface area contributed by atoms with Crippen LogP contribution in [0.1, 0.15) is 122 Å². The Kier molecular flexibility index (Phi) is 21.0. The summed E-state index contributed by atoms with van der Waals surface area (Å²) in [6.45, 7) is 6.11. The van der Waals surface area contributed by atoms with Gasteiger partial charge in [0.05, 0.1) is 57.5 Å². The van der Waals surface area contributed by atoms with Gasteiger partial charge in [0, 0.05) is 179 Å². The summed E-state index contributed by atoms with van der Waals surface area (Å²) in [4.78, 5) is 71.1. The molecule has 4 saturated heterocycles. The molecule has 3 aliphatic carbocycles. The van der Waals surface area contributed by atoms with E-state index in [-0.39, 0.29) is 67.6 Å². The number of aryl methyl sites for hydroxylation is 4. The highest BCUT2D eigenvalue weighted by atomic mass is 19.3. The molecule has 4 aromatic heterocycles. The van der Waals surface area contributed by atoms with Gasteiger partial charge < -0.3 is 19.6 Å². The Balaban J connectivity index is 0.000000105. The molecule has 20 nitrogen and oxygen atoms in total. The van der Waals surface area contributed by atoms with E-state index in [9.17, 15) is 32.3 Å². The fraction of sp³-hybridized carbons (Fsp3) is 0.360. The molecule has 4 amide bonds. The summed E-state index contributed by atoms with van der Waals surface area (Å²) < 4.78 is 62.5. The number of anilines is 4. The van der Waals surface area contributed by atoms with Crippen molar-refractivity contribution in [3.05, 3.63) is 288 Å². The van der Waals surface area contributed by atoms with Gasteiger partial charge in [-0.15, -0.1) is 0 Å². The van der Waals surface area contributed by atoms with Crippen LogP contribution in [0.2, 0.25) is 0 Å². The Morgan fingerprint density at radius 3 is 1.04 bits per heavy atom. The smallest absolute Gasteiger partial charge is 0.252 e. The van der Waals surface area contributed by atoms with E-state index in [0.29, 0.717) is 47.9 Å². The molecule has 7 fully saturated rings. The van der Waals surface area contributed by atoms with Gasteiger partial charge in [0.2, 0.25) is 17.7 Å². The number of carbonyl (C=O) groups excluding carboxylic acids is 4. The molecule has 11 aliphatic rings. The minimum Gasteiger partial charge on any atom is -0.307 e. The monoisotopic (exact) mass is 1670 g/mol. The molecule has 23 rings (SSSR count). The van der Waals surface area contributed by atoms with E-state index in [0.717, 1.165) is 123 Å². The van der Waals surface area contributed by atoms with Crippen molar-refractivity contribution < 1.29 is 36.7 Å². The van der Waals surface area contributed by atoms with Crippen LogP contribution in [0, 0.1) is 11.6 Å². The molecular formula is C100H102F4N16O4. The number of rotatable bonds is 17. The summed E-state index contributed by atoms with van der Waals surface area (Å²) in [5, 5.41) is 16.8. The summed E-state index contributed by atoms with van der Waals surface area (Å²) in [5.41, 5.74) is 17.1. The minimum atomic E-state index is -2.44. The number of benzene rings is 8. The minimum absolute atomic E-state index is 0.0889. The van der Waals surface area contributed by atoms with Crippen molar-refractivity contribution in [3.63, 3.8) is 0 Å². The zero-order chi connectivity index (χ0) is 84.9. The van der Waals surface area contributed by atoms with Crippen molar-refractivity contribution in [3.8, 4) is 44.5 Å². The van der Waals surface area contributed by atoms with E-state index >= 15 is 4.39 Å². The molecule has 4 spiro atoms. The quantitative estimate of drug-likeness (QED) is 0.0793. The number of carbonyl (C=O) groups is 4. The first-order valence-electron chi connectivity index (χ1n) is 43.9. The normalized spacial score (nSPS) is 20.4. The van der Waals surface area contributed by atoms with Crippen LogP contribution in [0.25, 0.3) is 44.5 Å². The third-order valence-corrected chi connectivity index (χ3v) is 28.5. The Bertz CT molecular complexity index is 6040. The number of hydrogen-bond donors (Lipinski definition) is 0. The van der Waals surface area contributed by atoms with Crippen LogP contribution in [0.5, 0.6) is 0 Å². The second-order valence-corrected chi connectivity index (χ2v) is 36.1. The average Bonchev–Trinajstić information content (AvgIpc) is 1.57. The molecule has 0 N–H and O–H groups in total. The van der Waals surface area contributed by atoms with E-state index in [1.807, 2.05) is 126 Å². The second kappa shape index (κ2) is 32.3. The van der Waals surface area contributed by atoms with Crippen molar-refractivity contribution in [1.29, 1.82) is 0 Å². The molecule has 0 bridgehead atoms. The molecule has 634 valence electrons. The lowest BCUT2D eigenvalue weighted by Gasteiger charge is -2.53. The largest absolute Gasteiger partial charge is 0.307 e. The molecule has 12 heterocycles. The van der Waals surface area contributed by atoms with Gasteiger partial charge in [0.25, 0.3) is 12.3 Å². The number of aromatic nitrogens is 8. The number of hydrogen-bond acceptors (Lipinski definition) is 12. The highest BCUT2D eigenvalue weighted by molar-refractivity contribution is 6.12. The first kappa shape index (κ1) is 80.4. The number of halogens is 4. The van der Waals surface area contributed by atoms with E-state index in [2.05, 4.69) is 138 Å². The Labute approximate surface area is 719 Å². The van der Waals surface area contributed by atoms with Crippen LogP contribution in [-0.2, 0) is 95.3 Å². The van der Waals surface area contributed by atoms with Gasteiger partial charge >= 0.3 is 0 Å². The van der Waals surface area contributed by atoms with Gasteiger partial charge in [0.15, 0.2) is 0 Å². The lowest BCUT2D eigenvalue weighted by atomic mass is 9.72. The number of fused-ring (bicyclic) bond motifs is 8. The molecular weight excluding hydrogens is 1570 g/mol. The summed E-state index contributed by atoms with van der Waals surface area (Å²) in [7, 11) is 7.49. The van der Waals surface area contributed by atoms with Crippen LogP contribution in [-0.4, -0.2) is 159 Å². The third-order valence-electron chi connectivity index (χ3n) is 28.5. The molecule has 12 aromatic rings. The second-order valence-electron chi connectivity index (χ2n) is 36.1. The number of nitrogens with zero attached hydrogens (tertiary/aromatic N) is 16. The number of para-hydroxylation sites is 4. The maximum Gasteiger partial charge on any atom is 0.252 e. The predicted octanol–water partition coefficient (Wildman–Crippen LogP) is 16.1. The fourth-order valence-corrected chi connectivity index (χ4v) is 21.7. The first-order valence-corrected chi connectivity index (χ1v) is 43.9. The van der Waals surface area contributed by atoms with Crippen molar-refractivity contribution in [2.24, 2.45) is 28.2 Å². The van der Waals surface area contributed by atoms with E-state index < -0.39 is 28.6 Å². The van der Waals surface area contributed by atoms with Crippen molar-refractivity contribution in [2.45, 2.75) is 150 Å². The number of likely N-dealkylation sites (tertiary alicyclic amines) is 4. The molecule has 8 aliphatic heterocycles. The van der Waals surface area contributed by atoms with E-state index in [1.165, 1.54) is 93.9 Å². The number of alkyl halides is 2. The van der Waals surface area contributed by atoms with Crippen molar-refractivity contribution in [1.82, 2.24) is 58.7 Å². The molecule has 3 saturated carbocycles. The van der Waals surface area contributed by atoms with E-state index in [1.54, 1.807) is 61.8 Å². The van der Waals surface area contributed by atoms with Crippen LogP contribution in [0.4, 0.5) is 40.3 Å². The lowest BCUT2D eigenvalue weighted by Crippen LogP contribution is -2.67. The first-order chi connectivity index (χ1) is 60.2. The van der Waals surface area contributed by atoms with Crippen LogP contribution in [0.15, 0.2) is 232 Å². The molecule has 1 atom stereocenters. The van der Waals surface area contributed by atoms with Gasteiger partial charge in [-0.2, -0.15) is 20.4 Å². The van der Waals surface area contributed by atoms with Gasteiger partial charge in [-0.05, 0) is 131 Å². The summed E-state index contributed by atoms with van der Waals surface area (Å²) in [6.07, 6.45) is 27.4. The standard InChI is InChI=1S/2C26H28N4O.C25H25FN4O.C23H21F3N4O/c1-28-16-21(14-27-28)20-12-10-19(11-13-20)15-30-24-9-5-4-8-23(24)26(25(30)31)17-29(18-26)22-6-2-3-7-22;1-28-18-21(16-27-28)20-12-10-19(11-13-20)17-29-24-9-5-4-8-23(24)26(25(29)31)14-15-30(26)22-6-2-3-7-22;1-28-13-19(12-27-28)17-9-10-18(22(26)11-17)14-30-23-8-3-2-7-21(23)25(24(30)31)15-29(16-25)20-5-4-6-20;1-28-10-17(9-27-28)15-6-7-16(19(24)8-15)11-30-20-5-3-2-4-18(20)23(22(30)31)13-29(14-23)12-21(25)26/h4-5,8-14,16,22H,2-3,6-7,15,17-18H2,1H3;4-5,8-13,16,18,22H,2-3,6-7,14-15,17H2,1H3;2-3,7-13,20H,4-6,14-16H2,1H3;2-10,21H,11-14H2,1H3. The SMILES string of the molecule is Cn1cc(-c2ccc(CN3C(=O)C4(CCN4C4CCCC4)c4ccccc43)cc2)cn1.Cn1cc(-c2ccc(CN3C(=O)C4(CN(C5CCC5)C4)c4ccccc43)c(F)c2)cn1.Cn1cc(-c2ccc(CN3C(=O)C4(CN(C5CCCC5)C4)c4ccccc43)cc2)cn1.Cn1cc(-c2ccc(CN3C(=O)C4(CN(CC(F)F)C4)c4ccccc43)c(F)c2)cn1. The average molecular weight is 1670 g/mol. The highest BCUT2D eigenvalue weighted by Gasteiger charge is 2.64. The molecule has 8 aromatic carbocycles. The summed E-state index contributed by atoms with van der Waals surface area (Å²) >= 11 is 0. The highest BCUT2D eigenvalue weighted by Crippen LogP contribution is 2.56. The Morgan fingerprint density at radius 2 is 0.694 bits per heavy atom. The molecule has 24 heteroatoms. The summed E-state index contributed by atoms with van der Waals surface area (Å²) in [5.74, 6) is -0.199. The predicted molar refractivity (Wildman–Crippen MR) is 471 cm³/mol. The topological polar surface area (TPSA) is 165 Å². The maximum absolute atomic E-state index is 15.0. The Hall–Kier alpha value is -12.0. The number of amides is 4. The zero-order valence-electron chi connectivity index (χ0n) is 70.5. The molecule has 1 unspecified atom stereocenters. The Morgan fingerprint density at radius 1 is 0.363 bits per heavy atom. The molecule has 0 radical (unpaired) electrons.